The van der Waals surface area contributed by atoms with Crippen LogP contribution in [0.3, 0.4) is 0 Å². The molecule has 0 heterocycles. The second kappa shape index (κ2) is 12.4. The minimum atomic E-state index is -0.127. The van der Waals surface area contributed by atoms with Gasteiger partial charge in [-0.25, -0.2) is 0 Å². The third kappa shape index (κ3) is 8.23. The van der Waals surface area contributed by atoms with E-state index in [9.17, 15) is 10.2 Å². The maximum atomic E-state index is 10.8. The minimum Gasteiger partial charge on any atom is -0.507 e. The van der Waals surface area contributed by atoms with E-state index in [1.165, 1.54) is 11.1 Å². The van der Waals surface area contributed by atoms with Crippen LogP contribution in [0.2, 0.25) is 0 Å². The Morgan fingerprint density at radius 2 is 1.03 bits per heavy atom. The molecule has 192 valence electrons. The largest absolute Gasteiger partial charge is 0.507 e. The lowest BCUT2D eigenvalue weighted by Gasteiger charge is -2.22. The van der Waals surface area contributed by atoms with Gasteiger partial charge in [0, 0.05) is 47.8 Å². The number of benzene rings is 2. The molecule has 2 aromatic carbocycles. The summed E-state index contributed by atoms with van der Waals surface area (Å²) in [5.41, 5.74) is 5.73. The monoisotopic (exact) mass is 478 g/mol. The zero-order valence-electron chi connectivity index (χ0n) is 23.2. The summed E-state index contributed by atoms with van der Waals surface area (Å²) >= 11 is 0. The van der Waals surface area contributed by atoms with Gasteiger partial charge < -0.3 is 10.2 Å². The van der Waals surface area contributed by atoms with Gasteiger partial charge in [-0.3, -0.25) is 9.98 Å². The lowest BCUT2D eigenvalue weighted by Crippen LogP contribution is -2.13. The summed E-state index contributed by atoms with van der Waals surface area (Å²) in [6.45, 7) is 18.3. The van der Waals surface area contributed by atoms with Crippen molar-refractivity contribution in [3.63, 3.8) is 0 Å². The molecule has 0 fully saturated rings. The van der Waals surface area contributed by atoms with E-state index in [2.05, 4.69) is 89.6 Å². The molecule has 2 N–H and O–H groups in total. The van der Waals surface area contributed by atoms with Crippen LogP contribution in [0, 0.1) is 0 Å². The molecular formula is C31H46N2O2. The van der Waals surface area contributed by atoms with Crippen molar-refractivity contribution in [2.45, 2.75) is 98.3 Å². The molecule has 0 saturated heterocycles. The summed E-state index contributed by atoms with van der Waals surface area (Å²) < 4.78 is 0. The molecule has 0 radical (unpaired) electrons. The van der Waals surface area contributed by atoms with E-state index >= 15 is 0 Å². The lowest BCUT2D eigenvalue weighted by molar-refractivity contribution is 0.444. The molecule has 0 bridgehead atoms. The highest BCUT2D eigenvalue weighted by molar-refractivity contribution is 5.85. The first-order chi connectivity index (χ1) is 16.4. The van der Waals surface area contributed by atoms with Crippen molar-refractivity contribution in [2.24, 2.45) is 9.98 Å². The Bertz CT molecular complexity index is 954. The molecule has 0 aliphatic carbocycles. The second-order valence-corrected chi connectivity index (χ2v) is 11.6. The average molecular weight is 479 g/mol. The van der Waals surface area contributed by atoms with Crippen LogP contribution in [0.5, 0.6) is 11.5 Å². The molecule has 35 heavy (non-hydrogen) atoms. The predicted molar refractivity (Wildman–Crippen MR) is 151 cm³/mol. The van der Waals surface area contributed by atoms with Crippen molar-refractivity contribution in [1.82, 2.24) is 0 Å². The standard InChI is InChI=1S/C31H46N2O2/c1-9-12-22-16-24(28(34)26(18-22)30(3,4)5)20-32-14-11-15-33-21-25-17-23(13-10-2)19-27(29(25)35)31(6,7)8/h16-21,34-35H,9-15H2,1-8H3. The predicted octanol–water partition coefficient (Wildman–Crippen LogP) is 7.53. The van der Waals surface area contributed by atoms with Crippen LogP contribution in [-0.4, -0.2) is 35.7 Å². The van der Waals surface area contributed by atoms with Gasteiger partial charge in [-0.15, -0.1) is 0 Å². The lowest BCUT2D eigenvalue weighted by atomic mass is 9.83. The van der Waals surface area contributed by atoms with Crippen LogP contribution in [0.25, 0.3) is 0 Å². The fourth-order valence-electron chi connectivity index (χ4n) is 4.22. The van der Waals surface area contributed by atoms with Gasteiger partial charge in [0.1, 0.15) is 11.5 Å². The Morgan fingerprint density at radius 1 is 0.657 bits per heavy atom. The van der Waals surface area contributed by atoms with Gasteiger partial charge >= 0.3 is 0 Å². The van der Waals surface area contributed by atoms with Crippen molar-refractivity contribution in [1.29, 1.82) is 0 Å². The maximum absolute atomic E-state index is 10.8. The summed E-state index contributed by atoms with van der Waals surface area (Å²) in [5, 5.41) is 21.6. The molecule has 0 aliphatic heterocycles. The van der Waals surface area contributed by atoms with Crippen molar-refractivity contribution < 1.29 is 10.2 Å². The Hall–Kier alpha value is -2.62. The Kier molecular flexibility index (Phi) is 10.1. The van der Waals surface area contributed by atoms with Gasteiger partial charge in [-0.05, 0) is 53.4 Å². The highest BCUT2D eigenvalue weighted by Gasteiger charge is 2.21. The van der Waals surface area contributed by atoms with E-state index in [4.69, 9.17) is 0 Å². The van der Waals surface area contributed by atoms with E-state index in [0.717, 1.165) is 54.4 Å². The van der Waals surface area contributed by atoms with Crippen LogP contribution < -0.4 is 0 Å². The van der Waals surface area contributed by atoms with Crippen LogP contribution in [0.1, 0.15) is 108 Å². The van der Waals surface area contributed by atoms with Gasteiger partial charge in [0.2, 0.25) is 0 Å². The number of hydrogen-bond donors (Lipinski definition) is 2. The van der Waals surface area contributed by atoms with Gasteiger partial charge in [0.05, 0.1) is 0 Å². The van der Waals surface area contributed by atoms with Crippen molar-refractivity contribution >= 4 is 12.4 Å². The van der Waals surface area contributed by atoms with Crippen LogP contribution in [0.4, 0.5) is 0 Å². The molecular weight excluding hydrogens is 432 g/mol. The van der Waals surface area contributed by atoms with E-state index in [0.29, 0.717) is 24.6 Å². The van der Waals surface area contributed by atoms with Crippen molar-refractivity contribution in [2.75, 3.05) is 13.1 Å². The van der Waals surface area contributed by atoms with Gasteiger partial charge in [-0.1, -0.05) is 80.4 Å². The first-order valence-electron chi connectivity index (χ1n) is 13.1. The van der Waals surface area contributed by atoms with Gasteiger partial charge in [0.25, 0.3) is 0 Å². The van der Waals surface area contributed by atoms with E-state index < -0.39 is 0 Å². The van der Waals surface area contributed by atoms with E-state index in [1.54, 1.807) is 12.4 Å². The zero-order valence-corrected chi connectivity index (χ0v) is 23.2. The zero-order chi connectivity index (χ0) is 26.2. The SMILES string of the molecule is CCCc1cc(C=NCCCN=Cc2cc(CCC)cc(C(C)(C)C)c2O)c(O)c(C(C)(C)C)c1. The smallest absolute Gasteiger partial charge is 0.128 e. The van der Waals surface area contributed by atoms with Gasteiger partial charge in [-0.2, -0.15) is 0 Å². The molecule has 2 aromatic rings. The van der Waals surface area contributed by atoms with Crippen molar-refractivity contribution in [3.05, 3.63) is 57.6 Å². The molecule has 0 unspecified atom stereocenters. The Balaban J connectivity index is 2.07. The minimum absolute atomic E-state index is 0.127. The highest BCUT2D eigenvalue weighted by Crippen LogP contribution is 2.35. The van der Waals surface area contributed by atoms with E-state index in [1.807, 2.05) is 0 Å². The number of rotatable bonds is 10. The molecule has 0 atom stereocenters. The molecule has 4 heteroatoms. The number of hydrogen-bond acceptors (Lipinski definition) is 4. The molecule has 0 aromatic heterocycles. The quantitative estimate of drug-likeness (QED) is 0.274. The van der Waals surface area contributed by atoms with Crippen LogP contribution in [0.15, 0.2) is 34.3 Å². The first kappa shape index (κ1) is 28.6. The molecule has 0 spiro atoms. The Labute approximate surface area is 213 Å². The molecule has 0 amide bonds. The fourth-order valence-corrected chi connectivity index (χ4v) is 4.22. The number of phenols is 2. The number of aromatic hydroxyl groups is 2. The Morgan fingerprint density at radius 3 is 1.34 bits per heavy atom. The van der Waals surface area contributed by atoms with Crippen LogP contribution in [-0.2, 0) is 23.7 Å². The van der Waals surface area contributed by atoms with Crippen LogP contribution >= 0.6 is 0 Å². The fraction of sp³-hybridized carbons (Fsp3) is 0.548. The van der Waals surface area contributed by atoms with Gasteiger partial charge in [0.15, 0.2) is 0 Å². The third-order valence-corrected chi connectivity index (χ3v) is 6.13. The molecule has 4 nitrogen and oxygen atoms in total. The number of aliphatic imine (C=N–C) groups is 2. The summed E-state index contributed by atoms with van der Waals surface area (Å²) in [6.07, 6.45) is 8.50. The molecule has 2 rings (SSSR count). The average Bonchev–Trinajstić information content (AvgIpc) is 2.75. The maximum Gasteiger partial charge on any atom is 0.128 e. The van der Waals surface area contributed by atoms with Crippen molar-refractivity contribution in [3.8, 4) is 11.5 Å². The summed E-state index contributed by atoms with van der Waals surface area (Å²) in [4.78, 5) is 9.13. The summed E-state index contributed by atoms with van der Waals surface area (Å²) in [6, 6.07) is 8.35. The number of phenolic OH excluding ortho intramolecular Hbond substituents is 2. The number of nitrogens with zero attached hydrogens (tertiary/aromatic N) is 2. The molecule has 0 aliphatic rings. The summed E-state index contributed by atoms with van der Waals surface area (Å²) in [7, 11) is 0. The normalized spacial score (nSPS) is 12.8. The second-order valence-electron chi connectivity index (χ2n) is 11.6. The topological polar surface area (TPSA) is 65.2 Å². The molecule has 0 saturated carbocycles. The summed E-state index contributed by atoms with van der Waals surface area (Å²) in [5.74, 6) is 0.660. The third-order valence-electron chi connectivity index (χ3n) is 6.13. The van der Waals surface area contributed by atoms with E-state index in [-0.39, 0.29) is 10.8 Å². The highest BCUT2D eigenvalue weighted by atomic mass is 16.3. The first-order valence-corrected chi connectivity index (χ1v) is 13.1. The number of aryl methyl sites for hydroxylation is 2.